The Morgan fingerprint density at radius 3 is 2.67 bits per heavy atom. The van der Waals surface area contributed by atoms with Gasteiger partial charge >= 0.3 is 0 Å². The van der Waals surface area contributed by atoms with E-state index >= 15 is 0 Å². The van der Waals surface area contributed by atoms with Gasteiger partial charge in [0.25, 0.3) is 0 Å². The van der Waals surface area contributed by atoms with Crippen LogP contribution in [0, 0.1) is 11.2 Å². The van der Waals surface area contributed by atoms with E-state index < -0.39 is 0 Å². The quantitative estimate of drug-likeness (QED) is 0.740. The largest absolute Gasteiger partial charge is 0.382 e. The van der Waals surface area contributed by atoms with Gasteiger partial charge in [-0.2, -0.15) is 0 Å². The van der Waals surface area contributed by atoms with Crippen molar-refractivity contribution < 1.29 is 9.18 Å². The number of halogens is 1. The van der Waals surface area contributed by atoms with Crippen LogP contribution in [0.2, 0.25) is 0 Å². The summed E-state index contributed by atoms with van der Waals surface area (Å²) in [5, 5.41) is 6.18. The minimum atomic E-state index is -0.324. The van der Waals surface area contributed by atoms with E-state index in [0.717, 1.165) is 31.4 Å². The number of hydrogen-bond donors (Lipinski definition) is 2. The predicted octanol–water partition coefficient (Wildman–Crippen LogP) is 3.14. The summed E-state index contributed by atoms with van der Waals surface area (Å²) in [6, 6.07) is 4.48. The van der Waals surface area contributed by atoms with Crippen molar-refractivity contribution in [3.05, 3.63) is 24.0 Å². The van der Waals surface area contributed by atoms with E-state index in [-0.39, 0.29) is 17.1 Å². The Balaban J connectivity index is 1.92. The highest BCUT2D eigenvalue weighted by atomic mass is 19.1. The molecule has 1 aliphatic carbocycles. The maximum Gasteiger partial charge on any atom is 0.232 e. The molecule has 0 saturated heterocycles. The first kappa shape index (κ1) is 11.5. The number of hydrogen-bond acceptors (Lipinski definition) is 2. The number of benzene rings is 1. The fourth-order valence-corrected chi connectivity index (χ4v) is 3.01. The topological polar surface area (TPSA) is 41.1 Å². The molecule has 3 rings (SSSR count). The third-order valence-corrected chi connectivity index (χ3v) is 4.14. The molecule has 0 unspecified atom stereocenters. The molecule has 1 saturated carbocycles. The predicted molar refractivity (Wildman–Crippen MR) is 69.0 cm³/mol. The molecule has 0 aromatic heterocycles. The Bertz CT molecular complexity index is 481. The fourth-order valence-electron chi connectivity index (χ4n) is 3.01. The SMILES string of the molecule is O=C1Nc2cc(F)ccc2NCC12CCCCC2. The van der Waals surface area contributed by atoms with Gasteiger partial charge in [0.1, 0.15) is 5.82 Å². The van der Waals surface area contributed by atoms with Crippen LogP contribution in [-0.4, -0.2) is 12.5 Å². The Kier molecular flexibility index (Phi) is 2.73. The standard InChI is InChI=1S/C14H17FN2O/c15-10-4-5-11-12(8-10)17-13(18)14(9-16-11)6-2-1-3-7-14/h4-5,8,16H,1-3,6-7,9H2,(H,17,18). The summed E-state index contributed by atoms with van der Waals surface area (Å²) in [6.45, 7) is 0.650. The highest BCUT2D eigenvalue weighted by molar-refractivity contribution is 5.99. The highest BCUT2D eigenvalue weighted by Crippen LogP contribution is 2.40. The van der Waals surface area contributed by atoms with E-state index in [9.17, 15) is 9.18 Å². The zero-order valence-electron chi connectivity index (χ0n) is 10.3. The van der Waals surface area contributed by atoms with Gasteiger partial charge in [-0.1, -0.05) is 19.3 Å². The van der Waals surface area contributed by atoms with Crippen LogP contribution in [0.15, 0.2) is 18.2 Å². The molecule has 3 nitrogen and oxygen atoms in total. The summed E-state index contributed by atoms with van der Waals surface area (Å²) < 4.78 is 13.2. The molecule has 2 N–H and O–H groups in total. The molecule has 0 bridgehead atoms. The lowest BCUT2D eigenvalue weighted by Crippen LogP contribution is -2.41. The van der Waals surface area contributed by atoms with Crippen molar-refractivity contribution >= 4 is 17.3 Å². The van der Waals surface area contributed by atoms with Crippen molar-refractivity contribution in [1.82, 2.24) is 0 Å². The van der Waals surface area contributed by atoms with Crippen molar-refractivity contribution in [1.29, 1.82) is 0 Å². The zero-order valence-corrected chi connectivity index (χ0v) is 10.3. The first-order valence-electron chi connectivity index (χ1n) is 6.55. The van der Waals surface area contributed by atoms with Gasteiger partial charge in [0.05, 0.1) is 16.8 Å². The molecule has 2 aliphatic rings. The smallest absolute Gasteiger partial charge is 0.232 e. The normalized spacial score (nSPS) is 21.7. The van der Waals surface area contributed by atoms with Crippen molar-refractivity contribution in [3.63, 3.8) is 0 Å². The molecule has 1 spiro atoms. The van der Waals surface area contributed by atoms with Gasteiger partial charge in [0, 0.05) is 6.54 Å². The van der Waals surface area contributed by atoms with Gasteiger partial charge in [-0.15, -0.1) is 0 Å². The lowest BCUT2D eigenvalue weighted by atomic mass is 9.73. The second-order valence-corrected chi connectivity index (χ2v) is 5.34. The number of anilines is 2. The van der Waals surface area contributed by atoms with E-state index in [1.54, 1.807) is 6.07 Å². The molecule has 96 valence electrons. The lowest BCUT2D eigenvalue weighted by Gasteiger charge is -2.34. The van der Waals surface area contributed by atoms with E-state index in [1.807, 2.05) is 0 Å². The monoisotopic (exact) mass is 248 g/mol. The van der Waals surface area contributed by atoms with Gasteiger partial charge in [-0.05, 0) is 31.0 Å². The average molecular weight is 248 g/mol. The molecule has 1 fully saturated rings. The molecular formula is C14H17FN2O. The van der Waals surface area contributed by atoms with Crippen molar-refractivity contribution in [2.45, 2.75) is 32.1 Å². The van der Waals surface area contributed by atoms with Crippen molar-refractivity contribution in [3.8, 4) is 0 Å². The minimum Gasteiger partial charge on any atom is -0.382 e. The molecule has 4 heteroatoms. The van der Waals surface area contributed by atoms with Crippen LogP contribution < -0.4 is 10.6 Å². The first-order chi connectivity index (χ1) is 8.70. The average Bonchev–Trinajstić information content (AvgIpc) is 2.50. The molecule has 1 aliphatic heterocycles. The number of rotatable bonds is 0. The van der Waals surface area contributed by atoms with Crippen LogP contribution in [0.25, 0.3) is 0 Å². The summed E-state index contributed by atoms with van der Waals surface area (Å²) in [5.74, 6) is -0.283. The first-order valence-corrected chi connectivity index (χ1v) is 6.55. The fraction of sp³-hybridized carbons (Fsp3) is 0.500. The van der Waals surface area contributed by atoms with Gasteiger partial charge in [-0.25, -0.2) is 4.39 Å². The van der Waals surface area contributed by atoms with E-state index in [1.165, 1.54) is 18.6 Å². The molecule has 1 amide bonds. The Labute approximate surface area is 106 Å². The van der Waals surface area contributed by atoms with Gasteiger partial charge in [0.15, 0.2) is 0 Å². The highest BCUT2D eigenvalue weighted by Gasteiger charge is 2.41. The zero-order chi connectivity index (χ0) is 12.6. The number of amides is 1. The Hall–Kier alpha value is -1.58. The van der Waals surface area contributed by atoms with E-state index in [4.69, 9.17) is 0 Å². The molecule has 1 aromatic carbocycles. The van der Waals surface area contributed by atoms with Crippen molar-refractivity contribution in [2.24, 2.45) is 5.41 Å². The van der Waals surface area contributed by atoms with Gasteiger partial charge < -0.3 is 10.6 Å². The van der Waals surface area contributed by atoms with Crippen LogP contribution in [0.5, 0.6) is 0 Å². The van der Waals surface area contributed by atoms with Crippen LogP contribution in [0.3, 0.4) is 0 Å². The van der Waals surface area contributed by atoms with Gasteiger partial charge in [0.2, 0.25) is 5.91 Å². The second-order valence-electron chi connectivity index (χ2n) is 5.34. The second kappa shape index (κ2) is 4.26. The van der Waals surface area contributed by atoms with E-state index in [2.05, 4.69) is 10.6 Å². The van der Waals surface area contributed by atoms with Crippen molar-refractivity contribution in [2.75, 3.05) is 17.2 Å². The number of carbonyl (C=O) groups excluding carboxylic acids is 1. The van der Waals surface area contributed by atoms with Crippen LogP contribution >= 0.6 is 0 Å². The maximum absolute atomic E-state index is 13.2. The third-order valence-electron chi connectivity index (χ3n) is 4.14. The summed E-state index contributed by atoms with van der Waals surface area (Å²) in [7, 11) is 0. The van der Waals surface area contributed by atoms with Gasteiger partial charge in [-0.3, -0.25) is 4.79 Å². The summed E-state index contributed by atoms with van der Waals surface area (Å²) >= 11 is 0. The maximum atomic E-state index is 13.2. The molecule has 0 atom stereocenters. The Morgan fingerprint density at radius 1 is 1.11 bits per heavy atom. The molecular weight excluding hydrogens is 231 g/mol. The molecule has 1 heterocycles. The third kappa shape index (κ3) is 1.85. The van der Waals surface area contributed by atoms with E-state index in [0.29, 0.717) is 12.2 Å². The number of nitrogens with one attached hydrogen (secondary N) is 2. The lowest BCUT2D eigenvalue weighted by molar-refractivity contribution is -0.126. The Morgan fingerprint density at radius 2 is 1.89 bits per heavy atom. The number of fused-ring (bicyclic) bond motifs is 1. The summed E-state index contributed by atoms with van der Waals surface area (Å²) in [4.78, 5) is 12.4. The van der Waals surface area contributed by atoms with Crippen LogP contribution in [0.1, 0.15) is 32.1 Å². The summed E-state index contributed by atoms with van der Waals surface area (Å²) in [5.41, 5.74) is 1.06. The minimum absolute atomic E-state index is 0.0408. The molecule has 18 heavy (non-hydrogen) atoms. The van der Waals surface area contributed by atoms with Crippen LogP contribution in [0.4, 0.5) is 15.8 Å². The summed E-state index contributed by atoms with van der Waals surface area (Å²) in [6.07, 6.45) is 5.24. The molecule has 1 aromatic rings. The number of carbonyl (C=O) groups is 1. The molecule has 0 radical (unpaired) electrons. The van der Waals surface area contributed by atoms with Crippen LogP contribution in [-0.2, 0) is 4.79 Å².